The maximum atomic E-state index is 14.9. The maximum absolute atomic E-state index is 14.9. The van der Waals surface area contributed by atoms with Crippen molar-refractivity contribution < 1.29 is 12.8 Å². The molecule has 1 saturated heterocycles. The summed E-state index contributed by atoms with van der Waals surface area (Å²) in [5.41, 5.74) is 1.75. The maximum Gasteiger partial charge on any atom is 0.237 e. The van der Waals surface area contributed by atoms with Crippen molar-refractivity contribution in [1.29, 1.82) is 0 Å². The number of likely N-dealkylation sites (N-methyl/N-ethyl adjacent to an activating group) is 1. The van der Waals surface area contributed by atoms with E-state index in [0.29, 0.717) is 17.1 Å². The van der Waals surface area contributed by atoms with Crippen molar-refractivity contribution in [3.05, 3.63) is 58.5 Å². The van der Waals surface area contributed by atoms with Crippen LogP contribution in [-0.4, -0.2) is 61.3 Å². The van der Waals surface area contributed by atoms with E-state index in [9.17, 15) is 12.8 Å². The van der Waals surface area contributed by atoms with E-state index >= 15 is 0 Å². The second-order valence-electron chi connectivity index (χ2n) is 10.0. The van der Waals surface area contributed by atoms with Gasteiger partial charge in [-0.3, -0.25) is 4.72 Å². The van der Waals surface area contributed by atoms with Gasteiger partial charge in [-0.05, 0) is 64.2 Å². The minimum atomic E-state index is -3.69. The summed E-state index contributed by atoms with van der Waals surface area (Å²) in [5, 5.41) is 6.53. The first-order chi connectivity index (χ1) is 17.8. The molecule has 1 aliphatic heterocycles. The molecule has 3 aromatic rings. The molecule has 1 aliphatic rings. The van der Waals surface area contributed by atoms with Gasteiger partial charge in [-0.15, -0.1) is 0 Å². The van der Waals surface area contributed by atoms with E-state index in [2.05, 4.69) is 37.3 Å². The molecule has 1 aromatic heterocycles. The van der Waals surface area contributed by atoms with Crippen molar-refractivity contribution >= 4 is 67.7 Å². The highest BCUT2D eigenvalue weighted by Gasteiger charge is 2.29. The van der Waals surface area contributed by atoms with Crippen LogP contribution in [0.15, 0.2) is 42.6 Å². The Labute approximate surface area is 232 Å². The normalized spacial score (nSPS) is 14.9. The van der Waals surface area contributed by atoms with Gasteiger partial charge in [0.05, 0.1) is 27.3 Å². The van der Waals surface area contributed by atoms with Crippen LogP contribution in [-0.2, 0) is 10.0 Å². The average molecular weight is 583 g/mol. The van der Waals surface area contributed by atoms with Crippen LogP contribution >= 0.6 is 23.2 Å². The summed E-state index contributed by atoms with van der Waals surface area (Å²) in [4.78, 5) is 12.8. The number of halogens is 3. The molecule has 0 spiro atoms. The van der Waals surface area contributed by atoms with E-state index in [1.165, 1.54) is 12.3 Å². The summed E-state index contributed by atoms with van der Waals surface area (Å²) in [6.45, 7) is 8.06. The average Bonchev–Trinajstić information content (AvgIpc) is 2.83. The first kappa shape index (κ1) is 28.2. The van der Waals surface area contributed by atoms with Crippen molar-refractivity contribution in [3.8, 4) is 0 Å². The highest BCUT2D eigenvalue weighted by molar-refractivity contribution is 7.94. The summed E-state index contributed by atoms with van der Waals surface area (Å²) in [6, 6.07) is 9.69. The smallest absolute Gasteiger partial charge is 0.237 e. The Kier molecular flexibility index (Phi) is 8.22. The highest BCUT2D eigenvalue weighted by Crippen LogP contribution is 2.32. The fourth-order valence-corrected chi connectivity index (χ4v) is 4.77. The third kappa shape index (κ3) is 6.58. The molecule has 0 bridgehead atoms. The van der Waals surface area contributed by atoms with Crippen LogP contribution in [0.2, 0.25) is 10.0 Å². The molecule has 1 fully saturated rings. The van der Waals surface area contributed by atoms with Crippen LogP contribution in [0.25, 0.3) is 0 Å². The number of aromatic nitrogens is 2. The molecule has 38 heavy (non-hydrogen) atoms. The lowest BCUT2D eigenvalue weighted by atomic mass is 10.2. The van der Waals surface area contributed by atoms with Gasteiger partial charge >= 0.3 is 0 Å². The molecule has 2 heterocycles. The molecular weight excluding hydrogens is 552 g/mol. The Morgan fingerprint density at radius 1 is 0.947 bits per heavy atom. The lowest BCUT2D eigenvalue weighted by Gasteiger charge is -2.34. The number of nitrogens with zero attached hydrogens (tertiary/aromatic N) is 4. The van der Waals surface area contributed by atoms with Crippen LogP contribution in [0, 0.1) is 5.82 Å². The first-order valence-corrected chi connectivity index (χ1v) is 14.2. The Hall–Kier alpha value is -2.86. The minimum absolute atomic E-state index is 0.200. The molecule has 0 amide bonds. The van der Waals surface area contributed by atoms with E-state index in [1.54, 1.807) is 51.1 Å². The summed E-state index contributed by atoms with van der Waals surface area (Å²) >= 11 is 12.5. The van der Waals surface area contributed by atoms with Crippen LogP contribution in [0.3, 0.4) is 0 Å². The molecule has 0 radical (unpaired) electrons. The van der Waals surface area contributed by atoms with Crippen molar-refractivity contribution in [2.75, 3.05) is 53.5 Å². The zero-order valence-corrected chi connectivity index (χ0v) is 23.8. The Balaban J connectivity index is 1.51. The zero-order chi connectivity index (χ0) is 27.7. The van der Waals surface area contributed by atoms with Crippen LogP contribution in [0.1, 0.15) is 20.8 Å². The zero-order valence-electron chi connectivity index (χ0n) is 21.5. The van der Waals surface area contributed by atoms with Crippen molar-refractivity contribution in [2.24, 2.45) is 0 Å². The number of hydrogen-bond acceptors (Lipinski definition) is 8. The number of piperazine rings is 1. The van der Waals surface area contributed by atoms with Crippen LogP contribution < -0.4 is 20.3 Å². The van der Waals surface area contributed by atoms with E-state index < -0.39 is 14.8 Å². The molecule has 9 nitrogen and oxygen atoms in total. The van der Waals surface area contributed by atoms with Crippen LogP contribution in [0.5, 0.6) is 0 Å². The second kappa shape index (κ2) is 11.1. The summed E-state index contributed by atoms with van der Waals surface area (Å²) in [6.07, 6.45) is 1.41. The molecule has 0 saturated carbocycles. The van der Waals surface area contributed by atoms with Gasteiger partial charge in [0.1, 0.15) is 10.8 Å². The number of sulfonamides is 1. The lowest BCUT2D eigenvalue weighted by Crippen LogP contribution is -2.44. The fraction of sp³-hybridized carbons (Fsp3) is 0.360. The summed E-state index contributed by atoms with van der Waals surface area (Å²) in [7, 11) is -1.64. The molecule has 13 heteroatoms. The molecular formula is C25H30Cl2FN7O2S. The summed E-state index contributed by atoms with van der Waals surface area (Å²) < 4.78 is 41.6. The van der Waals surface area contributed by atoms with Gasteiger partial charge in [0.25, 0.3) is 0 Å². The molecule has 3 N–H and O–H groups in total. The number of anilines is 6. The summed E-state index contributed by atoms with van der Waals surface area (Å²) in [5.74, 6) is 0.134. The van der Waals surface area contributed by atoms with Crippen molar-refractivity contribution in [2.45, 2.75) is 25.5 Å². The molecule has 204 valence electrons. The Morgan fingerprint density at radius 3 is 2.26 bits per heavy atom. The predicted molar refractivity (Wildman–Crippen MR) is 153 cm³/mol. The number of rotatable bonds is 7. The third-order valence-electron chi connectivity index (χ3n) is 6.07. The first-order valence-electron chi connectivity index (χ1n) is 11.9. The molecule has 4 rings (SSSR count). The SMILES string of the molecule is CN1CCN(c2ccc(Nc3ncc(Cl)c(Nc4ccc(Cl)c(NS(=O)(=O)C(C)(C)C)c4)n3)cc2F)CC1. The van der Waals surface area contributed by atoms with Gasteiger partial charge in [-0.25, -0.2) is 17.8 Å². The second-order valence-corrected chi connectivity index (χ2v) is 13.3. The molecule has 2 aromatic carbocycles. The quantitative estimate of drug-likeness (QED) is 0.326. The fourth-order valence-electron chi connectivity index (χ4n) is 3.65. The number of nitrogens with one attached hydrogen (secondary N) is 3. The largest absolute Gasteiger partial charge is 0.367 e. The van der Waals surface area contributed by atoms with Gasteiger partial charge < -0.3 is 20.4 Å². The van der Waals surface area contributed by atoms with E-state index in [-0.39, 0.29) is 33.3 Å². The topological polar surface area (TPSA) is 102 Å². The predicted octanol–water partition coefficient (Wildman–Crippen LogP) is 5.70. The van der Waals surface area contributed by atoms with Gasteiger partial charge in [-0.1, -0.05) is 23.2 Å². The van der Waals surface area contributed by atoms with Gasteiger partial charge in [0, 0.05) is 37.6 Å². The molecule has 0 atom stereocenters. The van der Waals surface area contributed by atoms with Gasteiger partial charge in [0.2, 0.25) is 16.0 Å². The lowest BCUT2D eigenvalue weighted by molar-refractivity contribution is 0.311. The van der Waals surface area contributed by atoms with Gasteiger partial charge in [-0.2, -0.15) is 4.98 Å². The Morgan fingerprint density at radius 2 is 1.61 bits per heavy atom. The number of benzene rings is 2. The van der Waals surface area contributed by atoms with E-state index in [4.69, 9.17) is 23.2 Å². The van der Waals surface area contributed by atoms with Gasteiger partial charge in [0.15, 0.2) is 5.82 Å². The van der Waals surface area contributed by atoms with E-state index in [0.717, 1.165) is 26.2 Å². The monoisotopic (exact) mass is 581 g/mol. The van der Waals surface area contributed by atoms with E-state index in [1.807, 2.05) is 4.90 Å². The third-order valence-corrected chi connectivity index (χ3v) is 8.78. The van der Waals surface area contributed by atoms with Crippen LogP contribution in [0.4, 0.5) is 38.9 Å². The highest BCUT2D eigenvalue weighted by atomic mass is 35.5. The van der Waals surface area contributed by atoms with Crippen molar-refractivity contribution in [3.63, 3.8) is 0 Å². The van der Waals surface area contributed by atoms with Crippen molar-refractivity contribution in [1.82, 2.24) is 14.9 Å². The number of hydrogen-bond donors (Lipinski definition) is 3. The molecule has 0 unspecified atom stereocenters. The Bertz CT molecular complexity index is 1430. The molecule has 0 aliphatic carbocycles. The standard InChI is InChI=1S/C25H30Cl2FN7O2S/c1-25(2,3)38(36,37)33-21-14-17(5-7-18(21)26)30-23-19(27)15-29-24(32-23)31-16-6-8-22(20(28)13-16)35-11-9-34(4)10-12-35/h5-8,13-15,33H,9-12H2,1-4H3,(H2,29,30,31,32). The minimum Gasteiger partial charge on any atom is -0.367 e.